The normalized spacial score (nSPS) is 17.6. The van der Waals surface area contributed by atoms with Gasteiger partial charge in [-0.05, 0) is 37.5 Å². The lowest BCUT2D eigenvalue weighted by Crippen LogP contribution is -2.23. The van der Waals surface area contributed by atoms with Crippen molar-refractivity contribution in [2.24, 2.45) is 0 Å². The van der Waals surface area contributed by atoms with Crippen LogP contribution >= 0.6 is 15.9 Å². The van der Waals surface area contributed by atoms with E-state index in [1.807, 2.05) is 0 Å². The average molecular weight is 268 g/mol. The largest absolute Gasteiger partial charge is 0.372 e. The molecule has 0 saturated carbocycles. The van der Waals surface area contributed by atoms with Crippen LogP contribution in [0, 0.1) is 6.92 Å². The Morgan fingerprint density at radius 2 is 1.73 bits per heavy atom. The smallest absolute Gasteiger partial charge is 0.0377 e. The highest BCUT2D eigenvalue weighted by Gasteiger charge is 2.10. The van der Waals surface area contributed by atoms with E-state index in [1.54, 1.807) is 0 Å². The van der Waals surface area contributed by atoms with Gasteiger partial charge in [0.1, 0.15) is 0 Å². The van der Waals surface area contributed by atoms with Crippen molar-refractivity contribution in [2.45, 2.75) is 32.6 Å². The summed E-state index contributed by atoms with van der Waals surface area (Å²) in [7, 11) is 0. The highest BCUT2D eigenvalue weighted by Crippen LogP contribution is 2.25. The molecule has 2 heteroatoms. The Labute approximate surface area is 101 Å². The van der Waals surface area contributed by atoms with Crippen molar-refractivity contribution in [1.29, 1.82) is 0 Å². The van der Waals surface area contributed by atoms with Crippen LogP contribution in [0.1, 0.15) is 31.2 Å². The number of anilines is 1. The summed E-state index contributed by atoms with van der Waals surface area (Å²) >= 11 is 3.61. The first-order valence-electron chi connectivity index (χ1n) is 5.78. The van der Waals surface area contributed by atoms with Crippen molar-refractivity contribution in [1.82, 2.24) is 0 Å². The molecule has 0 radical (unpaired) electrons. The first-order chi connectivity index (χ1) is 7.27. The summed E-state index contributed by atoms with van der Waals surface area (Å²) in [5.41, 5.74) is 2.68. The van der Waals surface area contributed by atoms with Gasteiger partial charge in [-0.15, -0.1) is 0 Å². The van der Waals surface area contributed by atoms with Crippen LogP contribution in [-0.4, -0.2) is 13.1 Å². The van der Waals surface area contributed by atoms with Crippen LogP contribution in [0.5, 0.6) is 0 Å². The van der Waals surface area contributed by atoms with Gasteiger partial charge in [-0.1, -0.05) is 34.8 Å². The second-order valence-electron chi connectivity index (χ2n) is 4.33. The molecule has 0 bridgehead atoms. The van der Waals surface area contributed by atoms with Crippen LogP contribution in [0.3, 0.4) is 0 Å². The van der Waals surface area contributed by atoms with Crippen molar-refractivity contribution in [3.05, 3.63) is 28.2 Å². The van der Waals surface area contributed by atoms with E-state index < -0.39 is 0 Å². The van der Waals surface area contributed by atoms with E-state index in [0.29, 0.717) is 0 Å². The predicted octanol–water partition coefficient (Wildman–Crippen LogP) is 4.14. The fourth-order valence-electron chi connectivity index (χ4n) is 2.11. The second-order valence-corrected chi connectivity index (χ2v) is 5.19. The van der Waals surface area contributed by atoms with Gasteiger partial charge in [-0.3, -0.25) is 0 Å². The molecule has 1 nitrogen and oxygen atoms in total. The minimum atomic E-state index is 1.22. The molecule has 0 unspecified atom stereocenters. The molecule has 1 fully saturated rings. The van der Waals surface area contributed by atoms with Gasteiger partial charge in [0.15, 0.2) is 0 Å². The van der Waals surface area contributed by atoms with E-state index >= 15 is 0 Å². The quantitative estimate of drug-likeness (QED) is 0.740. The maximum atomic E-state index is 3.61. The molecule has 1 aromatic carbocycles. The van der Waals surface area contributed by atoms with Crippen LogP contribution < -0.4 is 4.90 Å². The third-order valence-electron chi connectivity index (χ3n) is 3.13. The van der Waals surface area contributed by atoms with Crippen molar-refractivity contribution in [2.75, 3.05) is 18.0 Å². The summed E-state index contributed by atoms with van der Waals surface area (Å²) in [4.78, 5) is 2.51. The van der Waals surface area contributed by atoms with Crippen molar-refractivity contribution in [3.63, 3.8) is 0 Å². The maximum absolute atomic E-state index is 3.61. The number of halogens is 1. The summed E-state index contributed by atoms with van der Waals surface area (Å²) in [6.45, 7) is 4.57. The molecular weight excluding hydrogens is 250 g/mol. The van der Waals surface area contributed by atoms with Gasteiger partial charge >= 0.3 is 0 Å². The highest BCUT2D eigenvalue weighted by atomic mass is 79.9. The first-order valence-corrected chi connectivity index (χ1v) is 6.58. The van der Waals surface area contributed by atoms with Gasteiger partial charge < -0.3 is 4.90 Å². The van der Waals surface area contributed by atoms with Gasteiger partial charge in [-0.2, -0.15) is 0 Å². The fraction of sp³-hybridized carbons (Fsp3) is 0.538. The SMILES string of the molecule is Cc1ccc(N2CCCCCC2)cc1Br. The molecule has 0 atom stereocenters. The summed E-state index contributed by atoms with van der Waals surface area (Å²) in [5, 5.41) is 0. The van der Waals surface area contributed by atoms with Crippen molar-refractivity contribution >= 4 is 21.6 Å². The standard InChI is InChI=1S/C13H18BrN/c1-11-6-7-12(10-13(11)14)15-8-4-2-3-5-9-15/h6-7,10H,2-5,8-9H2,1H3. The van der Waals surface area contributed by atoms with E-state index in [1.165, 1.54) is 54.5 Å². The molecular formula is C13H18BrN. The van der Waals surface area contributed by atoms with Crippen LogP contribution in [-0.2, 0) is 0 Å². The number of benzene rings is 1. The summed E-state index contributed by atoms with van der Waals surface area (Å²) in [6.07, 6.45) is 5.46. The molecule has 1 saturated heterocycles. The Morgan fingerprint density at radius 1 is 1.07 bits per heavy atom. The molecule has 2 rings (SSSR count). The molecule has 0 aliphatic carbocycles. The third kappa shape index (κ3) is 2.75. The van der Waals surface area contributed by atoms with E-state index in [9.17, 15) is 0 Å². The lowest BCUT2D eigenvalue weighted by atomic mass is 10.2. The molecule has 1 aromatic rings. The van der Waals surface area contributed by atoms with E-state index in [4.69, 9.17) is 0 Å². The molecule has 1 aliphatic rings. The van der Waals surface area contributed by atoms with Crippen molar-refractivity contribution < 1.29 is 0 Å². The first kappa shape index (κ1) is 11.0. The predicted molar refractivity (Wildman–Crippen MR) is 69.6 cm³/mol. The number of rotatable bonds is 1. The molecule has 1 heterocycles. The zero-order chi connectivity index (χ0) is 10.7. The van der Waals surface area contributed by atoms with E-state index in [-0.39, 0.29) is 0 Å². The Kier molecular flexibility index (Phi) is 3.68. The molecule has 0 aromatic heterocycles. The van der Waals surface area contributed by atoms with Gasteiger partial charge in [0.05, 0.1) is 0 Å². The van der Waals surface area contributed by atoms with E-state index in [0.717, 1.165) is 0 Å². The zero-order valence-corrected chi connectivity index (χ0v) is 10.9. The third-order valence-corrected chi connectivity index (χ3v) is 3.98. The molecule has 0 N–H and O–H groups in total. The number of aryl methyl sites for hydroxylation is 1. The Morgan fingerprint density at radius 3 is 2.33 bits per heavy atom. The maximum Gasteiger partial charge on any atom is 0.0377 e. The van der Waals surface area contributed by atoms with Gasteiger partial charge in [-0.25, -0.2) is 0 Å². The van der Waals surface area contributed by atoms with Crippen LogP contribution in [0.25, 0.3) is 0 Å². The fourth-order valence-corrected chi connectivity index (χ4v) is 2.47. The topological polar surface area (TPSA) is 3.24 Å². The Hall–Kier alpha value is -0.500. The lowest BCUT2D eigenvalue weighted by molar-refractivity contribution is 0.726. The summed E-state index contributed by atoms with van der Waals surface area (Å²) < 4.78 is 1.23. The van der Waals surface area contributed by atoms with Gasteiger partial charge in [0, 0.05) is 23.2 Å². The molecule has 0 spiro atoms. The molecule has 15 heavy (non-hydrogen) atoms. The van der Waals surface area contributed by atoms with Crippen LogP contribution in [0.2, 0.25) is 0 Å². The summed E-state index contributed by atoms with van der Waals surface area (Å²) in [5.74, 6) is 0. The minimum absolute atomic E-state index is 1.22. The Balaban J connectivity index is 2.16. The lowest BCUT2D eigenvalue weighted by Gasteiger charge is -2.23. The summed E-state index contributed by atoms with van der Waals surface area (Å²) in [6, 6.07) is 6.69. The molecule has 0 amide bonds. The average Bonchev–Trinajstić information content (AvgIpc) is 2.50. The van der Waals surface area contributed by atoms with E-state index in [2.05, 4.69) is 46.0 Å². The number of hydrogen-bond donors (Lipinski definition) is 0. The van der Waals surface area contributed by atoms with Crippen LogP contribution in [0.4, 0.5) is 5.69 Å². The number of nitrogens with zero attached hydrogens (tertiary/aromatic N) is 1. The second kappa shape index (κ2) is 5.02. The van der Waals surface area contributed by atoms with Gasteiger partial charge in [0.25, 0.3) is 0 Å². The van der Waals surface area contributed by atoms with Gasteiger partial charge in [0.2, 0.25) is 0 Å². The zero-order valence-electron chi connectivity index (χ0n) is 9.30. The van der Waals surface area contributed by atoms with Crippen LogP contribution in [0.15, 0.2) is 22.7 Å². The number of hydrogen-bond acceptors (Lipinski definition) is 1. The molecule has 1 aliphatic heterocycles. The Bertz CT molecular complexity index is 327. The monoisotopic (exact) mass is 267 g/mol. The van der Waals surface area contributed by atoms with Crippen molar-refractivity contribution in [3.8, 4) is 0 Å². The minimum Gasteiger partial charge on any atom is -0.372 e. The highest BCUT2D eigenvalue weighted by molar-refractivity contribution is 9.10. The molecule has 82 valence electrons.